The second-order valence-corrected chi connectivity index (χ2v) is 18.1. The topological polar surface area (TPSA) is 189 Å². The monoisotopic (exact) mass is 866 g/mol. The fraction of sp³-hybridized carbons (Fsp3) is 0.385. The van der Waals surface area contributed by atoms with E-state index in [1.165, 1.54) is 13.2 Å². The number of fused-ring (bicyclic) bond motifs is 7. The van der Waals surface area contributed by atoms with Gasteiger partial charge in [-0.15, -0.1) is 0 Å². The third kappa shape index (κ3) is 8.09. The number of hydrogen-bond acceptors (Lipinski definition) is 11. The van der Waals surface area contributed by atoms with Crippen molar-refractivity contribution in [3.05, 3.63) is 125 Å². The van der Waals surface area contributed by atoms with Crippen LogP contribution in [0.3, 0.4) is 0 Å². The third-order valence-corrected chi connectivity index (χ3v) is 14.4. The smallest absolute Gasteiger partial charge is 0.200 e. The van der Waals surface area contributed by atoms with Crippen LogP contribution in [0.25, 0.3) is 10.8 Å². The van der Waals surface area contributed by atoms with Gasteiger partial charge in [-0.3, -0.25) is 4.79 Å². The highest BCUT2D eigenvalue weighted by Crippen LogP contribution is 2.56. The molecule has 1 spiro atoms. The summed E-state index contributed by atoms with van der Waals surface area (Å²) in [5, 5.41) is 65.1. The fourth-order valence-electron chi connectivity index (χ4n) is 11.6. The number of carbonyl (C=O) groups excluding carboxylic acids is 1. The first-order valence-electron chi connectivity index (χ1n) is 22.6. The molecule has 8 N–H and O–H groups in total. The van der Waals surface area contributed by atoms with Crippen molar-refractivity contribution < 1.29 is 39.8 Å². The first-order valence-corrected chi connectivity index (χ1v) is 22.6. The van der Waals surface area contributed by atoms with E-state index in [0.717, 1.165) is 70.1 Å². The van der Waals surface area contributed by atoms with E-state index < -0.39 is 23.4 Å². The number of rotatable bonds is 10. The molecule has 4 aromatic carbocycles. The van der Waals surface area contributed by atoms with Crippen molar-refractivity contribution in [2.45, 2.75) is 87.6 Å². The Labute approximate surface area is 373 Å². The number of aryl methyl sites for hydroxylation is 1. The first-order chi connectivity index (χ1) is 31.1. The molecule has 0 radical (unpaired) electrons. The number of hydrogen-bond donors (Lipinski definition) is 8. The Kier molecular flexibility index (Phi) is 12.2. The molecule has 1 fully saturated rings. The molecule has 6 atom stereocenters. The zero-order chi connectivity index (χ0) is 44.5. The highest BCUT2D eigenvalue weighted by Gasteiger charge is 2.55. The van der Waals surface area contributed by atoms with Crippen LogP contribution in [0, 0.1) is 11.8 Å². The molecule has 2 bridgehead atoms. The van der Waals surface area contributed by atoms with E-state index in [9.17, 15) is 25.5 Å². The SMILES string of the molecule is CNCC1CC(c2cc(O)c(O)c(OC)c2)CC(=O)C(C(O)CCc2ccc(O)c3c2CCCO3)C2(CCCC2Cc2ccc[nH]2)c2ccnc(c2)Nc2ccc3cc(O)ccc3c21. The van der Waals surface area contributed by atoms with Crippen molar-refractivity contribution in [1.29, 1.82) is 0 Å². The molecule has 0 amide bonds. The number of methoxy groups -OCH3 is 1. The van der Waals surface area contributed by atoms with Gasteiger partial charge in [0.15, 0.2) is 23.0 Å². The van der Waals surface area contributed by atoms with E-state index >= 15 is 4.79 Å². The minimum Gasteiger partial charge on any atom is -0.508 e. The van der Waals surface area contributed by atoms with E-state index in [1.807, 2.05) is 49.6 Å². The summed E-state index contributed by atoms with van der Waals surface area (Å²) in [5.41, 5.74) is 5.56. The van der Waals surface area contributed by atoms with E-state index in [2.05, 4.69) is 27.8 Å². The Morgan fingerprint density at radius 3 is 2.69 bits per heavy atom. The summed E-state index contributed by atoms with van der Waals surface area (Å²) in [6, 6.07) is 24.3. The second kappa shape index (κ2) is 18.1. The number of aromatic nitrogens is 2. The van der Waals surface area contributed by atoms with E-state index in [0.29, 0.717) is 62.4 Å². The number of nitrogens with zero attached hydrogens (tertiary/aromatic N) is 1. The lowest BCUT2D eigenvalue weighted by molar-refractivity contribution is -0.132. The molecule has 0 saturated heterocycles. The number of aromatic amines is 1. The molecule has 1 saturated carbocycles. The average molecular weight is 867 g/mol. The van der Waals surface area contributed by atoms with Crippen molar-refractivity contribution in [3.8, 4) is 34.5 Å². The molecule has 12 nitrogen and oxygen atoms in total. The molecular formula is C52H58N4O8. The van der Waals surface area contributed by atoms with Crippen molar-refractivity contribution in [2.24, 2.45) is 11.8 Å². The normalized spacial score (nSPS) is 22.6. The summed E-state index contributed by atoms with van der Waals surface area (Å²) in [5.74, 6) is -0.955. The lowest BCUT2D eigenvalue weighted by Gasteiger charge is -2.45. The van der Waals surface area contributed by atoms with Crippen molar-refractivity contribution >= 4 is 28.1 Å². The summed E-state index contributed by atoms with van der Waals surface area (Å²) in [7, 11) is 3.32. The van der Waals surface area contributed by atoms with Gasteiger partial charge in [-0.1, -0.05) is 24.6 Å². The molecule has 12 heteroatoms. The molecule has 2 aliphatic heterocycles. The molecule has 334 valence electrons. The lowest BCUT2D eigenvalue weighted by Crippen LogP contribution is -2.50. The van der Waals surface area contributed by atoms with Crippen LogP contribution in [-0.4, -0.2) is 74.7 Å². The summed E-state index contributed by atoms with van der Waals surface area (Å²) >= 11 is 0. The molecule has 4 heterocycles. The minimum atomic E-state index is -1.06. The van der Waals surface area contributed by atoms with Gasteiger partial charge in [-0.25, -0.2) is 4.98 Å². The number of aliphatic hydroxyl groups excluding tert-OH is 1. The van der Waals surface area contributed by atoms with Crippen molar-refractivity contribution in [1.82, 2.24) is 15.3 Å². The number of aromatic hydroxyl groups is 4. The largest absolute Gasteiger partial charge is 0.508 e. The second-order valence-electron chi connectivity index (χ2n) is 18.1. The summed E-state index contributed by atoms with van der Waals surface area (Å²) in [4.78, 5) is 24.4. The maximum absolute atomic E-state index is 16.1. The number of phenols is 4. The van der Waals surface area contributed by atoms with Crippen LogP contribution in [0.1, 0.15) is 90.3 Å². The number of likely N-dealkylation sites (N-methyl/N-ethyl adjacent to an activating group) is 1. The maximum Gasteiger partial charge on any atom is 0.200 e. The van der Waals surface area contributed by atoms with Crippen LogP contribution in [0.5, 0.6) is 34.5 Å². The Hall–Kier alpha value is -6.24. The number of carbonyl (C=O) groups is 1. The van der Waals surface area contributed by atoms with Crippen LogP contribution in [0.2, 0.25) is 0 Å². The number of H-pyrrole nitrogens is 1. The van der Waals surface area contributed by atoms with E-state index in [1.54, 1.807) is 30.5 Å². The van der Waals surface area contributed by atoms with Gasteiger partial charge in [0.25, 0.3) is 0 Å². The Balaban J connectivity index is 1.24. The molecule has 64 heavy (non-hydrogen) atoms. The number of ether oxygens (including phenoxy) is 2. The van der Waals surface area contributed by atoms with Crippen molar-refractivity contribution in [2.75, 3.05) is 32.6 Å². The Bertz CT molecular complexity index is 2650. The highest BCUT2D eigenvalue weighted by atomic mass is 16.5. The number of benzene rings is 4. The van der Waals surface area contributed by atoms with Gasteiger partial charge >= 0.3 is 0 Å². The average Bonchev–Trinajstić information content (AvgIpc) is 3.97. The lowest BCUT2D eigenvalue weighted by atomic mass is 9.58. The number of ketones is 1. The predicted molar refractivity (Wildman–Crippen MR) is 246 cm³/mol. The molecule has 9 rings (SSSR count). The first kappa shape index (κ1) is 43.0. The standard InChI is InChI=1S/C52H58N4O8/c1-53-29-34-22-32(33-25-45(61)50(62)46(26-33)63-2)24-44(60)49(42(58)15-10-30-11-16-43(59)51-40(30)8-5-21-64-51)52(18-3-6-35(52)27-37-7-4-19-54-37)36-17-20-55-47(28-36)56-41-14-9-31-23-38(57)12-13-39(31)48(34)41/h4,7,9,11-14,16-17,19-20,23,25-26,28,32,34-35,42,49,53-54,57-59,61-62H,3,5-6,8,10,15,18,21-22,24,27,29H2,1-2H3,(H,55,56). The van der Waals surface area contributed by atoms with Crippen LogP contribution >= 0.6 is 0 Å². The summed E-state index contributed by atoms with van der Waals surface area (Å²) in [6.45, 7) is 1.05. The molecule has 6 aromatic rings. The number of Topliss-reactive ketones (excluding diaryl/α,β-unsaturated/α-hetero) is 1. The number of anilines is 2. The predicted octanol–water partition coefficient (Wildman–Crippen LogP) is 8.80. The highest BCUT2D eigenvalue weighted by molar-refractivity contribution is 5.93. The Morgan fingerprint density at radius 2 is 1.88 bits per heavy atom. The number of nitrogens with one attached hydrogen (secondary N) is 3. The molecule has 2 aromatic heterocycles. The van der Waals surface area contributed by atoms with Gasteiger partial charge in [0.2, 0.25) is 5.75 Å². The van der Waals surface area contributed by atoms with Gasteiger partial charge in [0.05, 0.1) is 25.7 Å². The maximum atomic E-state index is 16.1. The molecule has 1 aliphatic carbocycles. The Morgan fingerprint density at radius 1 is 1.00 bits per heavy atom. The van der Waals surface area contributed by atoms with Gasteiger partial charge < -0.3 is 50.6 Å². The molecule has 3 aliphatic rings. The number of phenolic OH excluding ortho intramolecular Hbond substituents is 4. The van der Waals surface area contributed by atoms with Gasteiger partial charge in [-0.05, 0) is 170 Å². The molecular weight excluding hydrogens is 809 g/mol. The number of aliphatic hydroxyl groups is 1. The zero-order valence-corrected chi connectivity index (χ0v) is 36.4. The summed E-state index contributed by atoms with van der Waals surface area (Å²) in [6.07, 6.45) is 8.53. The van der Waals surface area contributed by atoms with Gasteiger partial charge in [-0.2, -0.15) is 0 Å². The van der Waals surface area contributed by atoms with Crippen molar-refractivity contribution in [3.63, 3.8) is 0 Å². The van der Waals surface area contributed by atoms with Crippen LogP contribution in [-0.2, 0) is 29.5 Å². The quantitative estimate of drug-likeness (QED) is 0.0615. The van der Waals surface area contributed by atoms with Crippen LogP contribution in [0.4, 0.5) is 11.5 Å². The zero-order valence-electron chi connectivity index (χ0n) is 36.4. The fourth-order valence-corrected chi connectivity index (χ4v) is 11.6. The molecule has 6 unspecified atom stereocenters. The van der Waals surface area contributed by atoms with E-state index in [4.69, 9.17) is 14.5 Å². The van der Waals surface area contributed by atoms with E-state index in [-0.39, 0.29) is 52.8 Å². The van der Waals surface area contributed by atoms with Gasteiger partial charge in [0, 0.05) is 47.7 Å². The van der Waals surface area contributed by atoms with Gasteiger partial charge in [0.1, 0.15) is 17.4 Å². The third-order valence-electron chi connectivity index (χ3n) is 14.4. The minimum absolute atomic E-state index is 0.0258. The summed E-state index contributed by atoms with van der Waals surface area (Å²) < 4.78 is 11.5. The number of pyridine rings is 1. The van der Waals surface area contributed by atoms with Crippen LogP contribution in [0.15, 0.2) is 91.3 Å². The van der Waals surface area contributed by atoms with Crippen LogP contribution < -0.4 is 20.1 Å².